The van der Waals surface area contributed by atoms with E-state index in [4.69, 9.17) is 14.2 Å². The molecule has 1 aromatic heterocycles. The van der Waals surface area contributed by atoms with E-state index in [0.29, 0.717) is 31.3 Å². The third kappa shape index (κ3) is 3.40. The molecule has 1 fully saturated rings. The molecule has 7 nitrogen and oxygen atoms in total. The van der Waals surface area contributed by atoms with E-state index in [1.165, 1.54) is 7.11 Å². The van der Waals surface area contributed by atoms with Crippen LogP contribution in [0.1, 0.15) is 12.0 Å². The number of hydrogen-bond acceptors (Lipinski definition) is 5. The number of anilines is 1. The van der Waals surface area contributed by atoms with Gasteiger partial charge in [0.2, 0.25) is 6.29 Å². The zero-order chi connectivity index (χ0) is 13.7. The number of pyridine rings is 1. The Morgan fingerprint density at radius 2 is 2.26 bits per heavy atom. The molecule has 1 aromatic rings. The molecule has 1 saturated heterocycles. The van der Waals surface area contributed by atoms with Crippen LogP contribution in [0.15, 0.2) is 18.2 Å². The summed E-state index contributed by atoms with van der Waals surface area (Å²) in [6, 6.07) is 5.10. The fourth-order valence-electron chi connectivity index (χ4n) is 1.74. The standard InChI is InChI=1S/C12H16N2O5/c1-17-6-5-14(12(15)16)10-4-2-3-9(13-10)11-18-7-8-19-11/h2-4,11H,5-8H2,1H3,(H,15,16). The monoisotopic (exact) mass is 268 g/mol. The van der Waals surface area contributed by atoms with Crippen LogP contribution in [0, 0.1) is 0 Å². The molecular formula is C12H16N2O5. The Hall–Kier alpha value is -1.70. The van der Waals surface area contributed by atoms with Gasteiger partial charge in [-0.05, 0) is 12.1 Å². The summed E-state index contributed by atoms with van der Waals surface area (Å²) in [5, 5.41) is 9.18. The molecular weight excluding hydrogens is 252 g/mol. The molecule has 1 aliphatic heterocycles. The molecule has 2 heterocycles. The van der Waals surface area contributed by atoms with Crippen molar-refractivity contribution in [1.82, 2.24) is 4.98 Å². The first kappa shape index (κ1) is 13.7. The number of carbonyl (C=O) groups is 1. The lowest BCUT2D eigenvalue weighted by molar-refractivity contribution is -0.0472. The first-order chi connectivity index (χ1) is 9.22. The average molecular weight is 268 g/mol. The molecule has 2 rings (SSSR count). The van der Waals surface area contributed by atoms with Crippen LogP contribution >= 0.6 is 0 Å². The summed E-state index contributed by atoms with van der Waals surface area (Å²) in [6.07, 6.45) is -1.59. The van der Waals surface area contributed by atoms with Gasteiger partial charge in [-0.25, -0.2) is 9.78 Å². The lowest BCUT2D eigenvalue weighted by Gasteiger charge is -2.19. The van der Waals surface area contributed by atoms with Crippen molar-refractivity contribution in [2.45, 2.75) is 6.29 Å². The molecule has 0 radical (unpaired) electrons. The smallest absolute Gasteiger partial charge is 0.413 e. The van der Waals surface area contributed by atoms with Gasteiger partial charge >= 0.3 is 6.09 Å². The van der Waals surface area contributed by atoms with Gasteiger partial charge in [0.15, 0.2) is 0 Å². The highest BCUT2D eigenvalue weighted by molar-refractivity contribution is 5.84. The van der Waals surface area contributed by atoms with E-state index >= 15 is 0 Å². The van der Waals surface area contributed by atoms with E-state index in [-0.39, 0.29) is 6.54 Å². The van der Waals surface area contributed by atoms with E-state index in [2.05, 4.69) is 4.98 Å². The Kier molecular flexibility index (Phi) is 4.67. The Balaban J connectivity index is 2.17. The van der Waals surface area contributed by atoms with Crippen LogP contribution in [0.3, 0.4) is 0 Å². The molecule has 0 aliphatic carbocycles. The van der Waals surface area contributed by atoms with Gasteiger partial charge in [-0.1, -0.05) is 6.07 Å². The van der Waals surface area contributed by atoms with Crippen molar-refractivity contribution in [2.75, 3.05) is 38.4 Å². The van der Waals surface area contributed by atoms with E-state index in [1.54, 1.807) is 18.2 Å². The first-order valence-electron chi connectivity index (χ1n) is 5.92. The second-order valence-corrected chi connectivity index (χ2v) is 3.92. The fraction of sp³-hybridized carbons (Fsp3) is 0.500. The predicted octanol–water partition coefficient (Wildman–Crippen LogP) is 1.26. The van der Waals surface area contributed by atoms with Crippen LogP contribution in [0.25, 0.3) is 0 Å². The topological polar surface area (TPSA) is 81.1 Å². The number of methoxy groups -OCH3 is 1. The molecule has 1 amide bonds. The second kappa shape index (κ2) is 6.46. The predicted molar refractivity (Wildman–Crippen MR) is 66.1 cm³/mol. The zero-order valence-electron chi connectivity index (χ0n) is 10.6. The number of ether oxygens (including phenoxy) is 3. The lowest BCUT2D eigenvalue weighted by Crippen LogP contribution is -2.33. The summed E-state index contributed by atoms with van der Waals surface area (Å²) in [5.41, 5.74) is 0.568. The zero-order valence-corrected chi connectivity index (χ0v) is 10.6. The first-order valence-corrected chi connectivity index (χ1v) is 5.92. The summed E-state index contributed by atoms with van der Waals surface area (Å²) in [4.78, 5) is 16.6. The van der Waals surface area contributed by atoms with Crippen LogP contribution in [0.4, 0.5) is 10.6 Å². The summed E-state index contributed by atoms with van der Waals surface area (Å²) in [7, 11) is 1.52. The number of rotatable bonds is 5. The van der Waals surface area contributed by atoms with E-state index in [0.717, 1.165) is 4.90 Å². The average Bonchev–Trinajstić information content (AvgIpc) is 2.93. The maximum Gasteiger partial charge on any atom is 0.413 e. The molecule has 1 aliphatic rings. The van der Waals surface area contributed by atoms with Crippen LogP contribution < -0.4 is 4.90 Å². The van der Waals surface area contributed by atoms with Gasteiger partial charge in [-0.2, -0.15) is 0 Å². The molecule has 0 aromatic carbocycles. The number of aromatic nitrogens is 1. The Morgan fingerprint density at radius 1 is 1.53 bits per heavy atom. The van der Waals surface area contributed by atoms with Crippen molar-refractivity contribution in [2.24, 2.45) is 0 Å². The summed E-state index contributed by atoms with van der Waals surface area (Å²) < 4.78 is 15.6. The highest BCUT2D eigenvalue weighted by Crippen LogP contribution is 2.23. The number of amides is 1. The Morgan fingerprint density at radius 3 is 2.89 bits per heavy atom. The van der Waals surface area contributed by atoms with Gasteiger partial charge < -0.3 is 19.3 Å². The molecule has 1 N–H and O–H groups in total. The summed E-state index contributed by atoms with van der Waals surface area (Å²) in [5.74, 6) is 0.334. The van der Waals surface area contributed by atoms with Crippen molar-refractivity contribution < 1.29 is 24.1 Å². The van der Waals surface area contributed by atoms with Gasteiger partial charge in [0, 0.05) is 7.11 Å². The number of carboxylic acid groups (broad SMARTS) is 1. The molecule has 0 atom stereocenters. The van der Waals surface area contributed by atoms with E-state index in [1.807, 2.05) is 0 Å². The van der Waals surface area contributed by atoms with Crippen molar-refractivity contribution in [3.05, 3.63) is 23.9 Å². The molecule has 0 saturated carbocycles. The van der Waals surface area contributed by atoms with Gasteiger partial charge in [-0.15, -0.1) is 0 Å². The van der Waals surface area contributed by atoms with Crippen molar-refractivity contribution >= 4 is 11.9 Å². The highest BCUT2D eigenvalue weighted by atomic mass is 16.7. The lowest BCUT2D eigenvalue weighted by atomic mass is 10.3. The van der Waals surface area contributed by atoms with E-state index in [9.17, 15) is 9.90 Å². The third-order valence-electron chi connectivity index (χ3n) is 2.65. The van der Waals surface area contributed by atoms with Crippen molar-refractivity contribution in [3.63, 3.8) is 0 Å². The summed E-state index contributed by atoms with van der Waals surface area (Å²) in [6.45, 7) is 1.55. The maximum atomic E-state index is 11.2. The van der Waals surface area contributed by atoms with Crippen LogP contribution in [0.2, 0.25) is 0 Å². The molecule has 19 heavy (non-hydrogen) atoms. The van der Waals surface area contributed by atoms with Gasteiger partial charge in [0.25, 0.3) is 0 Å². The molecule has 104 valence electrons. The minimum Gasteiger partial charge on any atom is -0.465 e. The highest BCUT2D eigenvalue weighted by Gasteiger charge is 2.22. The second-order valence-electron chi connectivity index (χ2n) is 3.92. The Labute approximate surface area is 110 Å². The van der Waals surface area contributed by atoms with Crippen LogP contribution in [-0.4, -0.2) is 49.7 Å². The van der Waals surface area contributed by atoms with Gasteiger partial charge in [-0.3, -0.25) is 4.90 Å². The largest absolute Gasteiger partial charge is 0.465 e. The minimum atomic E-state index is -1.07. The van der Waals surface area contributed by atoms with Crippen LogP contribution in [0.5, 0.6) is 0 Å². The molecule has 0 bridgehead atoms. The quantitative estimate of drug-likeness (QED) is 0.865. The minimum absolute atomic E-state index is 0.217. The third-order valence-corrected chi connectivity index (χ3v) is 2.65. The Bertz CT molecular complexity index is 434. The maximum absolute atomic E-state index is 11.2. The fourth-order valence-corrected chi connectivity index (χ4v) is 1.74. The number of nitrogens with zero attached hydrogens (tertiary/aromatic N) is 2. The normalized spacial score (nSPS) is 15.6. The molecule has 0 spiro atoms. The van der Waals surface area contributed by atoms with Gasteiger partial charge in [0.05, 0.1) is 32.1 Å². The molecule has 7 heteroatoms. The SMILES string of the molecule is COCCN(C(=O)O)c1cccc(C2OCCO2)n1. The number of hydrogen-bond donors (Lipinski definition) is 1. The summed E-state index contributed by atoms with van der Waals surface area (Å²) >= 11 is 0. The van der Waals surface area contributed by atoms with Crippen LogP contribution in [-0.2, 0) is 14.2 Å². The van der Waals surface area contributed by atoms with Crippen molar-refractivity contribution in [1.29, 1.82) is 0 Å². The molecule has 0 unspecified atom stereocenters. The van der Waals surface area contributed by atoms with E-state index < -0.39 is 12.4 Å². The van der Waals surface area contributed by atoms with Crippen molar-refractivity contribution in [3.8, 4) is 0 Å². The van der Waals surface area contributed by atoms with Gasteiger partial charge in [0.1, 0.15) is 5.82 Å².